The van der Waals surface area contributed by atoms with Gasteiger partial charge in [-0.25, -0.2) is 8.42 Å². The maximum Gasteiger partial charge on any atom is 2.00 e. The van der Waals surface area contributed by atoms with Gasteiger partial charge in [0, 0.05) is 0 Å². The van der Waals surface area contributed by atoms with Crippen LogP contribution in [0.4, 0.5) is 0 Å². The Morgan fingerprint density at radius 3 is 1.71 bits per heavy atom. The molecule has 0 aliphatic rings. The van der Waals surface area contributed by atoms with Gasteiger partial charge in [0.1, 0.15) is 10.1 Å². The van der Waals surface area contributed by atoms with Crippen LogP contribution >= 0.6 is 0 Å². The molecule has 0 radical (unpaired) electrons. The van der Waals surface area contributed by atoms with Crippen LogP contribution in [0, 0.1) is 0 Å². The van der Waals surface area contributed by atoms with Crippen LogP contribution in [0.1, 0.15) is 115 Å². The Kier molecular flexibility index (Phi) is 19.4. The number of fused-ring (bicyclic) bond motifs is 1. The summed E-state index contributed by atoms with van der Waals surface area (Å²) in [6.07, 6.45) is 17.8. The monoisotopic (exact) mass is 614 g/mol. The Morgan fingerprint density at radius 2 is 1.18 bits per heavy atom. The Hall–Kier alpha value is 0.141. The van der Waals surface area contributed by atoms with E-state index in [9.17, 15) is 13.0 Å². The molecule has 0 aliphatic carbocycles. The predicted octanol–water partition coefficient (Wildman–Crippen LogP) is 7.77. The summed E-state index contributed by atoms with van der Waals surface area (Å²) in [5.41, 5.74) is 1.48. The van der Waals surface area contributed by atoms with Crippen molar-refractivity contribution in [3.05, 3.63) is 41.5 Å². The van der Waals surface area contributed by atoms with E-state index in [1.807, 2.05) is 30.3 Å². The standard InChI is InChI=1S/C28H44O3S.Ba.H2O/c1-3-5-7-9-11-13-15-20-25-23-24-19-17-18-21-26(24)27(28(25)32(29,30)31)22-16-14-12-10-8-6-4-2;;/h17-19,21,23H,3-16,20,22H2,1-2H3,(H,29,30,31);;1H2/q;+2;/p-2. The maximum atomic E-state index is 12.4. The average Bonchev–Trinajstić information content (AvgIpc) is 2.76. The molecule has 2 rings (SSSR count). The molecule has 4 nitrogen and oxygen atoms in total. The summed E-state index contributed by atoms with van der Waals surface area (Å²) in [5.74, 6) is 0. The Labute approximate surface area is 248 Å². The van der Waals surface area contributed by atoms with Crippen molar-refractivity contribution in [2.24, 2.45) is 0 Å². The molecule has 0 aliphatic heterocycles. The van der Waals surface area contributed by atoms with Gasteiger partial charge in [-0.1, -0.05) is 115 Å². The summed E-state index contributed by atoms with van der Waals surface area (Å²) in [6, 6.07) is 9.89. The molecule has 0 atom stereocenters. The van der Waals surface area contributed by atoms with Crippen molar-refractivity contribution in [2.45, 2.75) is 121 Å². The van der Waals surface area contributed by atoms with Gasteiger partial charge < -0.3 is 10.0 Å². The number of rotatable bonds is 17. The number of unbranched alkanes of at least 4 members (excludes halogenated alkanes) is 12. The van der Waals surface area contributed by atoms with E-state index >= 15 is 0 Å². The van der Waals surface area contributed by atoms with E-state index in [-0.39, 0.29) is 59.3 Å². The molecule has 0 amide bonds. The third-order valence-corrected chi connectivity index (χ3v) is 7.52. The number of hydrogen-bond acceptors (Lipinski definition) is 4. The zero-order chi connectivity index (χ0) is 23.2. The van der Waals surface area contributed by atoms with Gasteiger partial charge in [-0.2, -0.15) is 0 Å². The van der Waals surface area contributed by atoms with Crippen molar-refractivity contribution < 1.29 is 18.4 Å². The number of aryl methyl sites for hydroxylation is 2. The van der Waals surface area contributed by atoms with Crippen LogP contribution < -0.4 is 0 Å². The van der Waals surface area contributed by atoms with Gasteiger partial charge in [0.15, 0.2) is 0 Å². The molecule has 2 aromatic carbocycles. The molecule has 0 aromatic heterocycles. The second kappa shape index (κ2) is 19.3. The molecule has 0 fully saturated rings. The van der Waals surface area contributed by atoms with Crippen molar-refractivity contribution in [1.29, 1.82) is 0 Å². The minimum Gasteiger partial charge on any atom is -0.870 e. The number of hydrogen-bond donors (Lipinski definition) is 0. The molecule has 6 heteroatoms. The van der Waals surface area contributed by atoms with Crippen LogP contribution in [0.15, 0.2) is 35.2 Å². The van der Waals surface area contributed by atoms with Gasteiger partial charge in [0.05, 0.1) is 4.90 Å². The van der Waals surface area contributed by atoms with Gasteiger partial charge in [-0.3, -0.25) is 0 Å². The first-order valence-corrected chi connectivity index (χ1v) is 14.4. The van der Waals surface area contributed by atoms with Crippen molar-refractivity contribution in [3.8, 4) is 0 Å². The largest absolute Gasteiger partial charge is 2.00 e. The van der Waals surface area contributed by atoms with Crippen LogP contribution in [0.3, 0.4) is 0 Å². The second-order valence-electron chi connectivity index (χ2n) is 9.26. The van der Waals surface area contributed by atoms with E-state index in [0.717, 1.165) is 47.6 Å². The Balaban J connectivity index is 0.00000544. The first-order chi connectivity index (χ1) is 15.5. The van der Waals surface area contributed by atoms with E-state index < -0.39 is 10.1 Å². The van der Waals surface area contributed by atoms with Crippen LogP contribution in [-0.2, 0) is 23.0 Å². The average molecular weight is 614 g/mol. The van der Waals surface area contributed by atoms with Gasteiger partial charge in [-0.05, 0) is 53.6 Å². The van der Waals surface area contributed by atoms with Crippen LogP contribution in [0.25, 0.3) is 10.8 Å². The van der Waals surface area contributed by atoms with E-state index in [4.69, 9.17) is 0 Å². The molecule has 0 heterocycles. The summed E-state index contributed by atoms with van der Waals surface area (Å²) in [6.45, 7) is 4.43. The predicted molar refractivity (Wildman–Crippen MR) is 143 cm³/mol. The van der Waals surface area contributed by atoms with Crippen molar-refractivity contribution >= 4 is 69.8 Å². The molecular weight excluding hydrogens is 570 g/mol. The number of benzene rings is 2. The van der Waals surface area contributed by atoms with E-state index in [0.29, 0.717) is 12.8 Å². The summed E-state index contributed by atoms with van der Waals surface area (Å²) in [5, 5.41) is 1.98. The third-order valence-electron chi connectivity index (χ3n) is 6.51. The van der Waals surface area contributed by atoms with Crippen LogP contribution in [0.5, 0.6) is 0 Å². The zero-order valence-electron chi connectivity index (χ0n) is 21.5. The van der Waals surface area contributed by atoms with Crippen molar-refractivity contribution in [3.63, 3.8) is 0 Å². The van der Waals surface area contributed by atoms with Crippen LogP contribution in [-0.4, -0.2) is 67.3 Å². The van der Waals surface area contributed by atoms with Gasteiger partial charge in [0.25, 0.3) is 0 Å². The molecule has 0 spiro atoms. The normalized spacial score (nSPS) is 11.3. The first-order valence-electron chi connectivity index (χ1n) is 13.0. The van der Waals surface area contributed by atoms with E-state index in [2.05, 4.69) is 13.8 Å². The van der Waals surface area contributed by atoms with Gasteiger partial charge >= 0.3 is 48.9 Å². The quantitative estimate of drug-likeness (QED) is 0.104. The third kappa shape index (κ3) is 11.9. The summed E-state index contributed by atoms with van der Waals surface area (Å²) < 4.78 is 37.1. The van der Waals surface area contributed by atoms with Gasteiger partial charge in [-0.15, -0.1) is 0 Å². The zero-order valence-corrected chi connectivity index (χ0v) is 26.7. The van der Waals surface area contributed by atoms with Crippen molar-refractivity contribution in [1.82, 2.24) is 0 Å². The SMILES string of the molecule is CCCCCCCCCc1cc2ccccc2c(CCCCCCCCC)c1S(=O)(=O)[O-].[Ba+2].[OH-]. The Bertz CT molecular complexity index is 912. The minimum absolute atomic E-state index is 0. The van der Waals surface area contributed by atoms with E-state index in [1.54, 1.807) is 0 Å². The summed E-state index contributed by atoms with van der Waals surface area (Å²) in [7, 11) is -4.51. The maximum absolute atomic E-state index is 12.4. The molecule has 34 heavy (non-hydrogen) atoms. The van der Waals surface area contributed by atoms with Crippen LogP contribution in [0.2, 0.25) is 0 Å². The minimum atomic E-state index is -4.51. The molecule has 188 valence electrons. The molecular formula is C28H44BaO4S. The molecule has 0 saturated heterocycles. The molecule has 2 aromatic rings. The summed E-state index contributed by atoms with van der Waals surface area (Å²) in [4.78, 5) is 0.0770. The molecule has 0 saturated carbocycles. The molecule has 0 bridgehead atoms. The van der Waals surface area contributed by atoms with Crippen molar-refractivity contribution in [2.75, 3.05) is 0 Å². The molecule has 1 N–H and O–H groups in total. The fourth-order valence-electron chi connectivity index (χ4n) is 4.74. The topological polar surface area (TPSA) is 87.2 Å². The fraction of sp³-hybridized carbons (Fsp3) is 0.643. The fourth-order valence-corrected chi connectivity index (χ4v) is 5.74. The second-order valence-corrected chi connectivity index (χ2v) is 10.6. The smallest absolute Gasteiger partial charge is 0.870 e. The Morgan fingerprint density at radius 1 is 0.706 bits per heavy atom. The molecule has 0 unspecified atom stereocenters. The first kappa shape index (κ1) is 34.1. The van der Waals surface area contributed by atoms with E-state index in [1.165, 1.54) is 64.2 Å². The summed E-state index contributed by atoms with van der Waals surface area (Å²) >= 11 is 0. The van der Waals surface area contributed by atoms with Gasteiger partial charge in [0.2, 0.25) is 0 Å².